The van der Waals surface area contributed by atoms with Crippen molar-refractivity contribution in [1.29, 1.82) is 5.26 Å². The standard InChI is InChI=1S/C32H29ClFN5O4/c1-18-4-3-5-27(39-13-11-20(15-28(39)40)29-21(17-35)6-9-24(33)30(29)34)19-10-12-36-25(14-19)23-8-7-22(37-32(42)43-2)16-26(23)38-31(18)41/h6-10,12,14-16,18,27H,3-5,11,13H2,1-2H3,(H,37,42)(H,38,41)/t18-,27+/m1/s1. The first kappa shape index (κ1) is 29.7. The summed E-state index contributed by atoms with van der Waals surface area (Å²) in [7, 11) is 1.27. The van der Waals surface area contributed by atoms with Gasteiger partial charge in [-0.3, -0.25) is 19.9 Å². The summed E-state index contributed by atoms with van der Waals surface area (Å²) >= 11 is 6.00. The number of pyridine rings is 1. The first-order chi connectivity index (χ1) is 20.7. The number of carbonyl (C=O) groups is 3. The summed E-state index contributed by atoms with van der Waals surface area (Å²) in [6, 6.07) is 13.3. The fourth-order valence-corrected chi connectivity index (χ4v) is 5.70. The molecule has 2 aliphatic heterocycles. The van der Waals surface area contributed by atoms with Crippen LogP contribution >= 0.6 is 11.6 Å². The average Bonchev–Trinajstić information content (AvgIpc) is 3.00. The van der Waals surface area contributed by atoms with Crippen molar-refractivity contribution in [2.45, 2.75) is 38.6 Å². The molecule has 9 nitrogen and oxygen atoms in total. The minimum absolute atomic E-state index is 0.0605. The molecule has 2 atom stereocenters. The lowest BCUT2D eigenvalue weighted by atomic mass is 9.90. The number of hydrogen-bond donors (Lipinski definition) is 2. The van der Waals surface area contributed by atoms with Gasteiger partial charge in [0.1, 0.15) is 0 Å². The summed E-state index contributed by atoms with van der Waals surface area (Å²) in [5, 5.41) is 15.0. The van der Waals surface area contributed by atoms with E-state index in [-0.39, 0.29) is 39.9 Å². The number of benzene rings is 2. The minimum atomic E-state index is -0.714. The summed E-state index contributed by atoms with van der Waals surface area (Å²) in [5.74, 6) is -1.52. The van der Waals surface area contributed by atoms with Crippen LogP contribution in [0.5, 0.6) is 0 Å². The lowest BCUT2D eigenvalue weighted by Crippen LogP contribution is -2.37. The summed E-state index contributed by atoms with van der Waals surface area (Å²) in [5.41, 5.74) is 3.62. The molecule has 0 spiro atoms. The van der Waals surface area contributed by atoms with Crippen LogP contribution in [0.2, 0.25) is 5.02 Å². The lowest BCUT2D eigenvalue weighted by molar-refractivity contribution is -0.129. The molecule has 0 saturated carbocycles. The molecule has 11 heteroatoms. The number of amides is 3. The number of nitrogens with one attached hydrogen (secondary N) is 2. The second-order valence-corrected chi connectivity index (χ2v) is 10.9. The molecular weight excluding hydrogens is 573 g/mol. The van der Waals surface area contributed by atoms with Crippen molar-refractivity contribution >= 4 is 46.5 Å². The molecule has 43 heavy (non-hydrogen) atoms. The molecule has 0 saturated heterocycles. The van der Waals surface area contributed by atoms with Crippen LogP contribution in [0, 0.1) is 23.1 Å². The number of hydrogen-bond acceptors (Lipinski definition) is 6. The van der Waals surface area contributed by atoms with Gasteiger partial charge in [0.2, 0.25) is 11.8 Å². The molecule has 2 bridgehead atoms. The maximum Gasteiger partial charge on any atom is 0.411 e. The zero-order chi connectivity index (χ0) is 30.7. The van der Waals surface area contributed by atoms with Crippen molar-refractivity contribution in [1.82, 2.24) is 9.88 Å². The van der Waals surface area contributed by atoms with Gasteiger partial charge in [-0.2, -0.15) is 5.26 Å². The Morgan fingerprint density at radius 2 is 2.02 bits per heavy atom. The maximum atomic E-state index is 15.0. The van der Waals surface area contributed by atoms with Gasteiger partial charge in [-0.1, -0.05) is 24.9 Å². The number of ether oxygens (including phenoxy) is 1. The van der Waals surface area contributed by atoms with Crippen molar-refractivity contribution in [3.8, 4) is 17.3 Å². The Labute approximate surface area is 253 Å². The molecule has 0 fully saturated rings. The van der Waals surface area contributed by atoms with Gasteiger partial charge in [0.25, 0.3) is 0 Å². The number of aromatic nitrogens is 1. The van der Waals surface area contributed by atoms with Crippen LogP contribution in [0.3, 0.4) is 0 Å². The van der Waals surface area contributed by atoms with E-state index in [1.54, 1.807) is 29.3 Å². The van der Waals surface area contributed by atoms with Crippen LogP contribution < -0.4 is 10.6 Å². The van der Waals surface area contributed by atoms with Gasteiger partial charge in [-0.15, -0.1) is 0 Å². The fraction of sp³-hybridized carbons (Fsp3) is 0.281. The first-order valence-electron chi connectivity index (χ1n) is 13.9. The first-order valence-corrected chi connectivity index (χ1v) is 14.2. The highest BCUT2D eigenvalue weighted by Crippen LogP contribution is 2.38. The Bertz CT molecular complexity index is 1680. The van der Waals surface area contributed by atoms with E-state index in [1.807, 2.05) is 25.1 Å². The molecule has 2 aliphatic rings. The Kier molecular flexibility index (Phi) is 8.73. The second kappa shape index (κ2) is 12.6. The molecule has 3 amide bonds. The molecule has 3 heterocycles. The van der Waals surface area contributed by atoms with E-state index in [0.717, 1.165) is 5.56 Å². The zero-order valence-electron chi connectivity index (χ0n) is 23.6. The maximum absolute atomic E-state index is 15.0. The monoisotopic (exact) mass is 601 g/mol. The highest BCUT2D eigenvalue weighted by atomic mass is 35.5. The van der Waals surface area contributed by atoms with Crippen molar-refractivity contribution in [2.75, 3.05) is 24.3 Å². The lowest BCUT2D eigenvalue weighted by Gasteiger charge is -2.35. The quantitative estimate of drug-likeness (QED) is 0.344. The normalized spacial score (nSPS) is 18.7. The van der Waals surface area contributed by atoms with Crippen LogP contribution in [0.1, 0.15) is 55.3 Å². The van der Waals surface area contributed by atoms with Crippen LogP contribution in [-0.4, -0.2) is 41.4 Å². The molecule has 0 radical (unpaired) electrons. The number of methoxy groups -OCH3 is 1. The predicted molar refractivity (Wildman–Crippen MR) is 161 cm³/mol. The number of carbonyl (C=O) groups excluding carboxylic acids is 3. The summed E-state index contributed by atoms with van der Waals surface area (Å²) in [6.45, 7) is 2.15. The van der Waals surface area contributed by atoms with Gasteiger partial charge in [0, 0.05) is 41.5 Å². The molecule has 1 aromatic heterocycles. The molecule has 2 aromatic carbocycles. The number of nitrogens with zero attached hydrogens (tertiary/aromatic N) is 3. The average molecular weight is 602 g/mol. The number of anilines is 2. The topological polar surface area (TPSA) is 124 Å². The fourth-order valence-electron chi connectivity index (χ4n) is 5.55. The summed E-state index contributed by atoms with van der Waals surface area (Å²) in [4.78, 5) is 44.8. The smallest absolute Gasteiger partial charge is 0.411 e. The highest BCUT2D eigenvalue weighted by Gasteiger charge is 2.31. The van der Waals surface area contributed by atoms with E-state index in [9.17, 15) is 24.0 Å². The Morgan fingerprint density at radius 3 is 2.77 bits per heavy atom. The molecule has 0 unspecified atom stereocenters. The number of nitriles is 1. The molecule has 2 N–H and O–H groups in total. The van der Waals surface area contributed by atoms with E-state index in [1.165, 1.54) is 25.3 Å². The van der Waals surface area contributed by atoms with Crippen LogP contribution in [0.25, 0.3) is 16.8 Å². The molecule has 220 valence electrons. The Morgan fingerprint density at radius 1 is 1.21 bits per heavy atom. The van der Waals surface area contributed by atoms with Crippen molar-refractivity contribution < 1.29 is 23.5 Å². The van der Waals surface area contributed by atoms with Gasteiger partial charge in [0.15, 0.2) is 5.82 Å². The highest BCUT2D eigenvalue weighted by molar-refractivity contribution is 6.31. The van der Waals surface area contributed by atoms with Gasteiger partial charge in [0.05, 0.1) is 41.2 Å². The van der Waals surface area contributed by atoms with Crippen molar-refractivity contribution in [3.63, 3.8) is 0 Å². The van der Waals surface area contributed by atoms with E-state index >= 15 is 0 Å². The summed E-state index contributed by atoms with van der Waals surface area (Å²) < 4.78 is 19.7. The van der Waals surface area contributed by atoms with Crippen molar-refractivity contribution in [3.05, 3.63) is 82.3 Å². The number of rotatable bonds is 3. The van der Waals surface area contributed by atoms with E-state index in [0.29, 0.717) is 60.4 Å². The van der Waals surface area contributed by atoms with E-state index in [4.69, 9.17) is 16.3 Å². The van der Waals surface area contributed by atoms with Gasteiger partial charge >= 0.3 is 6.09 Å². The zero-order valence-corrected chi connectivity index (χ0v) is 24.4. The third-order valence-electron chi connectivity index (χ3n) is 7.83. The third-order valence-corrected chi connectivity index (χ3v) is 8.12. The Balaban J connectivity index is 1.53. The summed E-state index contributed by atoms with van der Waals surface area (Å²) in [6.07, 6.45) is 4.59. The molecule has 3 aromatic rings. The van der Waals surface area contributed by atoms with E-state index in [2.05, 4.69) is 15.6 Å². The van der Waals surface area contributed by atoms with Crippen LogP contribution in [0.15, 0.2) is 54.7 Å². The van der Waals surface area contributed by atoms with Gasteiger partial charge < -0.3 is 15.0 Å². The third kappa shape index (κ3) is 6.22. The molecule has 0 aliphatic carbocycles. The van der Waals surface area contributed by atoms with Gasteiger partial charge in [-0.05, 0) is 72.9 Å². The minimum Gasteiger partial charge on any atom is -0.453 e. The largest absolute Gasteiger partial charge is 0.453 e. The predicted octanol–water partition coefficient (Wildman–Crippen LogP) is 6.71. The SMILES string of the molecule is COC(=O)Nc1ccc2c(c1)NC(=O)[C@H](C)CCC[C@H](N1CCC(c3c(C#N)ccc(Cl)c3F)=CC1=O)c1ccnc-2c1. The van der Waals surface area contributed by atoms with E-state index < -0.39 is 11.9 Å². The Hall–Kier alpha value is -4.75. The van der Waals surface area contributed by atoms with Crippen LogP contribution in [-0.2, 0) is 14.3 Å². The van der Waals surface area contributed by atoms with Crippen LogP contribution in [0.4, 0.5) is 20.6 Å². The number of halogens is 2. The molecule has 5 rings (SSSR count). The number of fused-ring (bicyclic) bond motifs is 4. The second-order valence-electron chi connectivity index (χ2n) is 10.5. The molecular formula is C32H29ClFN5O4. The van der Waals surface area contributed by atoms with Crippen molar-refractivity contribution in [2.24, 2.45) is 5.92 Å². The van der Waals surface area contributed by atoms with Gasteiger partial charge in [-0.25, -0.2) is 9.18 Å².